The van der Waals surface area contributed by atoms with Crippen LogP contribution in [0.3, 0.4) is 0 Å². The van der Waals surface area contributed by atoms with Gasteiger partial charge in [0.1, 0.15) is 0 Å². The number of aliphatic hydroxyl groups is 1. The maximum Gasteiger partial charge on any atom is 0.303 e. The largest absolute Gasteiger partial charge is 0.481 e. The van der Waals surface area contributed by atoms with Crippen LogP contribution < -0.4 is 0 Å². The molecule has 4 nitrogen and oxygen atoms in total. The summed E-state index contributed by atoms with van der Waals surface area (Å²) in [6.45, 7) is 2.82. The molecular formula is C25H42O4. The molecule has 0 saturated carbocycles. The first-order chi connectivity index (χ1) is 14.1. The molecule has 0 aliphatic heterocycles. The van der Waals surface area contributed by atoms with Gasteiger partial charge >= 0.3 is 5.97 Å². The highest BCUT2D eigenvalue weighted by molar-refractivity contribution is 5.66. The van der Waals surface area contributed by atoms with Crippen molar-refractivity contribution < 1.29 is 19.7 Å². The Hall–Kier alpha value is -1.39. The molecule has 166 valence electrons. The zero-order valence-corrected chi connectivity index (χ0v) is 18.4. The van der Waals surface area contributed by atoms with Crippen molar-refractivity contribution in [3.05, 3.63) is 35.9 Å². The average Bonchev–Trinajstić information content (AvgIpc) is 2.72. The number of aliphatic carboxylic acids is 1. The van der Waals surface area contributed by atoms with Crippen LogP contribution in [0.2, 0.25) is 0 Å². The summed E-state index contributed by atoms with van der Waals surface area (Å²) in [5.41, 5.74) is 1.17. The molecule has 0 aliphatic rings. The van der Waals surface area contributed by atoms with Gasteiger partial charge in [0.05, 0.1) is 18.8 Å². The Morgan fingerprint density at radius 1 is 0.862 bits per heavy atom. The van der Waals surface area contributed by atoms with E-state index < -0.39 is 5.97 Å². The Balaban J connectivity index is 2.23. The molecule has 1 rings (SSSR count). The lowest BCUT2D eigenvalue weighted by molar-refractivity contribution is -0.137. The first-order valence-corrected chi connectivity index (χ1v) is 11.7. The summed E-state index contributed by atoms with van der Waals surface area (Å²) in [7, 11) is 0. The Kier molecular flexibility index (Phi) is 15.4. The van der Waals surface area contributed by atoms with Gasteiger partial charge in [-0.1, -0.05) is 88.6 Å². The van der Waals surface area contributed by atoms with Crippen LogP contribution in [0.15, 0.2) is 30.3 Å². The number of unbranched alkanes of at least 4 members (excludes halogenated alkanes) is 6. The number of benzene rings is 1. The third-order valence-corrected chi connectivity index (χ3v) is 5.45. The predicted molar refractivity (Wildman–Crippen MR) is 119 cm³/mol. The lowest BCUT2D eigenvalue weighted by atomic mass is 10.0. The quantitative estimate of drug-likeness (QED) is 0.257. The molecule has 2 N–H and O–H groups in total. The van der Waals surface area contributed by atoms with Gasteiger partial charge in [0.2, 0.25) is 0 Å². The molecular weight excluding hydrogens is 364 g/mol. The summed E-state index contributed by atoms with van der Waals surface area (Å²) in [4.78, 5) is 10.7. The van der Waals surface area contributed by atoms with Crippen molar-refractivity contribution in [1.29, 1.82) is 0 Å². The SMILES string of the molecule is CCCCCCCC(O)CCCCC(CCCCC(=O)O)OCc1ccccc1. The van der Waals surface area contributed by atoms with Crippen LogP contribution in [0.25, 0.3) is 0 Å². The van der Waals surface area contributed by atoms with Gasteiger partial charge < -0.3 is 14.9 Å². The van der Waals surface area contributed by atoms with Gasteiger partial charge in [0.25, 0.3) is 0 Å². The van der Waals surface area contributed by atoms with E-state index >= 15 is 0 Å². The summed E-state index contributed by atoms with van der Waals surface area (Å²) in [6, 6.07) is 10.2. The summed E-state index contributed by atoms with van der Waals surface area (Å²) in [5.74, 6) is -0.726. The number of carboxylic acid groups (broad SMARTS) is 1. The minimum Gasteiger partial charge on any atom is -0.481 e. The fourth-order valence-corrected chi connectivity index (χ4v) is 3.63. The second-order valence-corrected chi connectivity index (χ2v) is 8.20. The molecule has 2 atom stereocenters. The summed E-state index contributed by atoms with van der Waals surface area (Å²) < 4.78 is 6.13. The smallest absolute Gasteiger partial charge is 0.303 e. The molecule has 4 heteroatoms. The normalized spacial score (nSPS) is 13.3. The van der Waals surface area contributed by atoms with Gasteiger partial charge in [-0.15, -0.1) is 0 Å². The van der Waals surface area contributed by atoms with Crippen LogP contribution in [0, 0.1) is 0 Å². The van der Waals surface area contributed by atoms with Crippen LogP contribution in [-0.2, 0) is 16.1 Å². The third kappa shape index (κ3) is 15.2. The van der Waals surface area contributed by atoms with Crippen molar-refractivity contribution in [3.8, 4) is 0 Å². The molecule has 2 unspecified atom stereocenters. The highest BCUT2D eigenvalue weighted by Gasteiger charge is 2.11. The molecule has 0 saturated heterocycles. The lowest BCUT2D eigenvalue weighted by Crippen LogP contribution is -2.14. The Labute approximate surface area is 177 Å². The van der Waals surface area contributed by atoms with Crippen molar-refractivity contribution in [2.75, 3.05) is 0 Å². The minimum atomic E-state index is -0.726. The van der Waals surface area contributed by atoms with Crippen LogP contribution in [0.1, 0.15) is 102 Å². The van der Waals surface area contributed by atoms with Gasteiger partial charge in [0, 0.05) is 6.42 Å². The number of aliphatic hydroxyl groups excluding tert-OH is 1. The first-order valence-electron chi connectivity index (χ1n) is 11.7. The zero-order chi connectivity index (χ0) is 21.2. The molecule has 0 radical (unpaired) electrons. The average molecular weight is 407 g/mol. The van der Waals surface area contributed by atoms with E-state index in [1.165, 1.54) is 31.2 Å². The van der Waals surface area contributed by atoms with Crippen LogP contribution in [0.4, 0.5) is 0 Å². The van der Waals surface area contributed by atoms with Gasteiger partial charge in [-0.2, -0.15) is 0 Å². The van der Waals surface area contributed by atoms with E-state index in [2.05, 4.69) is 19.1 Å². The van der Waals surface area contributed by atoms with E-state index in [1.807, 2.05) is 18.2 Å². The van der Waals surface area contributed by atoms with Crippen molar-refractivity contribution >= 4 is 5.97 Å². The number of carboxylic acids is 1. The number of rotatable bonds is 19. The first kappa shape index (κ1) is 25.6. The summed E-state index contributed by atoms with van der Waals surface area (Å²) >= 11 is 0. The maximum absolute atomic E-state index is 10.7. The topological polar surface area (TPSA) is 66.8 Å². The number of ether oxygens (including phenoxy) is 1. The fourth-order valence-electron chi connectivity index (χ4n) is 3.63. The van der Waals surface area contributed by atoms with Crippen LogP contribution >= 0.6 is 0 Å². The van der Waals surface area contributed by atoms with Gasteiger partial charge in [-0.3, -0.25) is 4.79 Å². The number of carbonyl (C=O) groups is 1. The van der Waals surface area contributed by atoms with Crippen LogP contribution in [-0.4, -0.2) is 28.4 Å². The molecule has 0 bridgehead atoms. The molecule has 0 heterocycles. The maximum atomic E-state index is 10.7. The minimum absolute atomic E-state index is 0.162. The number of hydrogen-bond acceptors (Lipinski definition) is 3. The van der Waals surface area contributed by atoms with Crippen molar-refractivity contribution in [2.24, 2.45) is 0 Å². The van der Waals surface area contributed by atoms with Gasteiger partial charge in [-0.25, -0.2) is 0 Å². The highest BCUT2D eigenvalue weighted by Crippen LogP contribution is 2.18. The lowest BCUT2D eigenvalue weighted by Gasteiger charge is -2.18. The van der Waals surface area contributed by atoms with Crippen molar-refractivity contribution in [2.45, 2.75) is 116 Å². The van der Waals surface area contributed by atoms with Crippen molar-refractivity contribution in [1.82, 2.24) is 0 Å². The molecule has 29 heavy (non-hydrogen) atoms. The third-order valence-electron chi connectivity index (χ3n) is 5.45. The van der Waals surface area contributed by atoms with E-state index in [-0.39, 0.29) is 18.6 Å². The molecule has 1 aromatic rings. The Morgan fingerprint density at radius 2 is 1.45 bits per heavy atom. The fraction of sp³-hybridized carbons (Fsp3) is 0.720. The monoisotopic (exact) mass is 406 g/mol. The predicted octanol–water partition coefficient (Wildman–Crippen LogP) is 6.50. The zero-order valence-electron chi connectivity index (χ0n) is 18.4. The summed E-state index contributed by atoms with van der Waals surface area (Å²) in [5, 5.41) is 19.0. The van der Waals surface area contributed by atoms with E-state index in [9.17, 15) is 9.90 Å². The van der Waals surface area contributed by atoms with E-state index in [0.29, 0.717) is 13.0 Å². The second-order valence-electron chi connectivity index (χ2n) is 8.20. The summed E-state index contributed by atoms with van der Waals surface area (Å²) in [6.07, 6.45) is 13.8. The Bertz CT molecular complexity index is 503. The second kappa shape index (κ2) is 17.5. The van der Waals surface area contributed by atoms with Gasteiger partial charge in [0.15, 0.2) is 0 Å². The molecule has 0 aliphatic carbocycles. The number of hydrogen-bond donors (Lipinski definition) is 2. The molecule has 0 spiro atoms. The van der Waals surface area contributed by atoms with E-state index in [0.717, 1.165) is 51.4 Å². The molecule has 1 aromatic carbocycles. The van der Waals surface area contributed by atoms with Gasteiger partial charge in [-0.05, 0) is 37.7 Å². The van der Waals surface area contributed by atoms with Crippen LogP contribution in [0.5, 0.6) is 0 Å². The standard InChI is InChI=1S/C25H42O4/c1-2-3-4-5-9-16-23(26)17-10-11-18-24(19-12-13-20-25(27)28)29-21-22-14-7-6-8-15-22/h6-8,14-15,23-24,26H,2-5,9-13,16-21H2,1H3,(H,27,28). The van der Waals surface area contributed by atoms with E-state index in [1.54, 1.807) is 0 Å². The van der Waals surface area contributed by atoms with Crippen molar-refractivity contribution in [3.63, 3.8) is 0 Å². The molecule has 0 fully saturated rings. The highest BCUT2D eigenvalue weighted by atomic mass is 16.5. The Morgan fingerprint density at radius 3 is 2.10 bits per heavy atom. The van der Waals surface area contributed by atoms with E-state index in [4.69, 9.17) is 9.84 Å². The molecule has 0 amide bonds. The molecule has 0 aromatic heterocycles.